The molecule has 0 radical (unpaired) electrons. The molecule has 0 saturated heterocycles. The van der Waals surface area contributed by atoms with Crippen LogP contribution < -0.4 is 15.3 Å². The standard InChI is InChI=1S/C23H16F3NO3/c1-13-20-14(9-19-17-7-2-3-8-18(17)22(28)30-21(13)19)11-27(12-29-20)16-6-4-5-15(10-16)23(24,25)26/h2-10H,11-12H2,1H3. The van der Waals surface area contributed by atoms with Crippen LogP contribution in [-0.4, -0.2) is 6.73 Å². The Hall–Kier alpha value is -3.48. The first-order valence-electron chi connectivity index (χ1n) is 9.36. The van der Waals surface area contributed by atoms with Crippen molar-refractivity contribution in [2.24, 2.45) is 0 Å². The second-order valence-corrected chi connectivity index (χ2v) is 7.32. The number of rotatable bonds is 1. The number of fused-ring (bicyclic) bond motifs is 4. The van der Waals surface area contributed by atoms with Gasteiger partial charge in [0, 0.05) is 28.7 Å². The number of ether oxygens (including phenoxy) is 1. The molecule has 0 bridgehead atoms. The Bertz CT molecular complexity index is 1360. The molecule has 0 N–H and O–H groups in total. The van der Waals surface area contributed by atoms with E-state index in [1.807, 2.05) is 25.1 Å². The van der Waals surface area contributed by atoms with Gasteiger partial charge < -0.3 is 14.1 Å². The van der Waals surface area contributed by atoms with Gasteiger partial charge in [0.05, 0.1) is 10.9 Å². The van der Waals surface area contributed by atoms with Gasteiger partial charge in [-0.2, -0.15) is 13.2 Å². The Morgan fingerprint density at radius 2 is 1.73 bits per heavy atom. The van der Waals surface area contributed by atoms with E-state index in [0.717, 1.165) is 28.5 Å². The number of alkyl halides is 3. The molecule has 0 atom stereocenters. The van der Waals surface area contributed by atoms with Crippen LogP contribution in [0.4, 0.5) is 18.9 Å². The molecular formula is C23H16F3NO3. The van der Waals surface area contributed by atoms with E-state index in [1.165, 1.54) is 6.07 Å². The van der Waals surface area contributed by atoms with Crippen molar-refractivity contribution < 1.29 is 22.3 Å². The first-order valence-corrected chi connectivity index (χ1v) is 9.36. The Balaban J connectivity index is 1.63. The molecule has 4 aromatic rings. The third-order valence-electron chi connectivity index (χ3n) is 5.43. The lowest BCUT2D eigenvalue weighted by molar-refractivity contribution is -0.137. The molecule has 152 valence electrons. The van der Waals surface area contributed by atoms with E-state index in [9.17, 15) is 18.0 Å². The average molecular weight is 411 g/mol. The van der Waals surface area contributed by atoms with E-state index < -0.39 is 17.4 Å². The average Bonchev–Trinajstić information content (AvgIpc) is 2.74. The highest BCUT2D eigenvalue weighted by Gasteiger charge is 2.31. The topological polar surface area (TPSA) is 42.7 Å². The fourth-order valence-corrected chi connectivity index (χ4v) is 3.98. The maximum atomic E-state index is 13.1. The highest BCUT2D eigenvalue weighted by molar-refractivity contribution is 6.06. The zero-order valence-corrected chi connectivity index (χ0v) is 15.9. The van der Waals surface area contributed by atoms with Crippen molar-refractivity contribution >= 4 is 27.4 Å². The summed E-state index contributed by atoms with van der Waals surface area (Å²) in [6, 6.07) is 14.3. The molecule has 0 spiro atoms. The van der Waals surface area contributed by atoms with Crippen LogP contribution in [0.25, 0.3) is 21.7 Å². The summed E-state index contributed by atoms with van der Waals surface area (Å²) in [5.41, 5.74) is 1.30. The number of benzene rings is 3. The number of halogens is 3. The minimum atomic E-state index is -4.41. The second kappa shape index (κ2) is 6.52. The first-order chi connectivity index (χ1) is 14.3. The lowest BCUT2D eigenvalue weighted by Crippen LogP contribution is -2.32. The number of hydrogen-bond donors (Lipinski definition) is 0. The number of nitrogens with zero attached hydrogens (tertiary/aromatic N) is 1. The van der Waals surface area contributed by atoms with Crippen LogP contribution in [0, 0.1) is 6.92 Å². The normalized spacial score (nSPS) is 14.1. The summed E-state index contributed by atoms with van der Waals surface area (Å²) < 4.78 is 50.7. The van der Waals surface area contributed by atoms with Gasteiger partial charge in [0.15, 0.2) is 6.73 Å². The monoisotopic (exact) mass is 411 g/mol. The minimum absolute atomic E-state index is 0.0957. The summed E-state index contributed by atoms with van der Waals surface area (Å²) in [5.74, 6) is 0.601. The van der Waals surface area contributed by atoms with E-state index in [0.29, 0.717) is 34.5 Å². The Morgan fingerprint density at radius 3 is 2.50 bits per heavy atom. The first kappa shape index (κ1) is 18.5. The van der Waals surface area contributed by atoms with Crippen LogP contribution in [0.3, 0.4) is 0 Å². The zero-order chi connectivity index (χ0) is 21.0. The van der Waals surface area contributed by atoms with Gasteiger partial charge in [0.25, 0.3) is 0 Å². The molecule has 1 aromatic heterocycles. The van der Waals surface area contributed by atoms with Crippen molar-refractivity contribution in [3.63, 3.8) is 0 Å². The zero-order valence-electron chi connectivity index (χ0n) is 15.9. The van der Waals surface area contributed by atoms with Gasteiger partial charge in [-0.1, -0.05) is 24.3 Å². The van der Waals surface area contributed by atoms with Gasteiger partial charge in [-0.3, -0.25) is 0 Å². The predicted molar refractivity (Wildman–Crippen MR) is 108 cm³/mol. The molecule has 2 heterocycles. The van der Waals surface area contributed by atoms with E-state index in [-0.39, 0.29) is 6.73 Å². The van der Waals surface area contributed by atoms with Gasteiger partial charge >= 0.3 is 11.8 Å². The molecule has 30 heavy (non-hydrogen) atoms. The van der Waals surface area contributed by atoms with Crippen LogP contribution in [-0.2, 0) is 12.7 Å². The molecule has 0 amide bonds. The molecule has 5 rings (SSSR count). The lowest BCUT2D eigenvalue weighted by Gasteiger charge is -2.32. The maximum absolute atomic E-state index is 13.1. The van der Waals surface area contributed by atoms with Gasteiger partial charge in [-0.25, -0.2) is 4.79 Å². The number of hydrogen-bond acceptors (Lipinski definition) is 4. The summed E-state index contributed by atoms with van der Waals surface area (Å²) >= 11 is 0. The second-order valence-electron chi connectivity index (χ2n) is 7.32. The summed E-state index contributed by atoms with van der Waals surface area (Å²) in [7, 11) is 0. The smallest absolute Gasteiger partial charge is 0.416 e. The maximum Gasteiger partial charge on any atom is 0.416 e. The minimum Gasteiger partial charge on any atom is -0.472 e. The van der Waals surface area contributed by atoms with E-state index in [2.05, 4.69) is 0 Å². The quantitative estimate of drug-likeness (QED) is 0.301. The highest BCUT2D eigenvalue weighted by atomic mass is 19.4. The fourth-order valence-electron chi connectivity index (χ4n) is 3.98. The van der Waals surface area contributed by atoms with Crippen molar-refractivity contribution in [1.29, 1.82) is 0 Å². The van der Waals surface area contributed by atoms with Crippen LogP contribution in [0.5, 0.6) is 5.75 Å². The van der Waals surface area contributed by atoms with Crippen LogP contribution in [0.15, 0.2) is 63.8 Å². The van der Waals surface area contributed by atoms with Crippen LogP contribution >= 0.6 is 0 Å². The SMILES string of the molecule is Cc1c2c(cc3c1oc(=O)c1ccccc13)CN(c1cccc(C(F)(F)F)c1)CO2. The van der Waals surface area contributed by atoms with Crippen LogP contribution in [0.2, 0.25) is 0 Å². The van der Waals surface area contributed by atoms with Gasteiger partial charge in [0.1, 0.15) is 11.3 Å². The molecule has 0 unspecified atom stereocenters. The summed E-state index contributed by atoms with van der Waals surface area (Å²) in [5, 5.41) is 2.03. The highest BCUT2D eigenvalue weighted by Crippen LogP contribution is 2.39. The molecule has 1 aliphatic heterocycles. The molecule has 4 nitrogen and oxygen atoms in total. The van der Waals surface area contributed by atoms with Crippen molar-refractivity contribution in [1.82, 2.24) is 0 Å². The molecule has 1 aliphatic rings. The van der Waals surface area contributed by atoms with Crippen LogP contribution in [0.1, 0.15) is 16.7 Å². The number of aryl methyl sites for hydroxylation is 1. The third-order valence-corrected chi connectivity index (χ3v) is 5.43. The number of anilines is 1. The molecule has 3 aromatic carbocycles. The van der Waals surface area contributed by atoms with Crippen molar-refractivity contribution in [2.45, 2.75) is 19.6 Å². The fraction of sp³-hybridized carbons (Fsp3) is 0.174. The van der Waals surface area contributed by atoms with E-state index >= 15 is 0 Å². The van der Waals surface area contributed by atoms with Crippen molar-refractivity contribution in [2.75, 3.05) is 11.6 Å². The Labute approximate surface area is 169 Å². The van der Waals surface area contributed by atoms with Crippen molar-refractivity contribution in [3.05, 3.63) is 81.7 Å². The van der Waals surface area contributed by atoms with E-state index in [1.54, 1.807) is 23.1 Å². The summed E-state index contributed by atoms with van der Waals surface area (Å²) in [6.07, 6.45) is -4.41. The molecule has 7 heteroatoms. The predicted octanol–water partition coefficient (Wildman–Crippen LogP) is 5.63. The van der Waals surface area contributed by atoms with Crippen molar-refractivity contribution in [3.8, 4) is 5.75 Å². The van der Waals surface area contributed by atoms with Gasteiger partial charge in [-0.05, 0) is 42.6 Å². The molecule has 0 aliphatic carbocycles. The third kappa shape index (κ3) is 2.89. The van der Waals surface area contributed by atoms with E-state index in [4.69, 9.17) is 9.15 Å². The largest absolute Gasteiger partial charge is 0.472 e. The Morgan fingerprint density at radius 1 is 0.967 bits per heavy atom. The molecule has 0 saturated carbocycles. The molecule has 0 fully saturated rings. The van der Waals surface area contributed by atoms with Gasteiger partial charge in [-0.15, -0.1) is 0 Å². The summed E-state index contributed by atoms with van der Waals surface area (Å²) in [4.78, 5) is 14.1. The lowest BCUT2D eigenvalue weighted by atomic mass is 9.99. The molecular weight excluding hydrogens is 395 g/mol. The Kier molecular flexibility index (Phi) is 4.03. The van der Waals surface area contributed by atoms with Gasteiger partial charge in [0.2, 0.25) is 0 Å². The summed E-state index contributed by atoms with van der Waals surface area (Å²) in [6.45, 7) is 2.29.